The van der Waals surface area contributed by atoms with Crippen molar-refractivity contribution in [2.75, 3.05) is 11.1 Å². The molecule has 1 amide bonds. The standard InChI is InChI=1S/C16H18N2O/c1-16(2,13-10-6-7-11-14(13)17)15(19)18-12-8-4-3-5-9-12/h3-11H,17H2,1-2H3,(H,18,19). The highest BCUT2D eigenvalue weighted by Crippen LogP contribution is 2.29. The predicted octanol–water partition coefficient (Wildman–Crippen LogP) is 3.19. The van der Waals surface area contributed by atoms with Crippen molar-refractivity contribution in [1.82, 2.24) is 0 Å². The van der Waals surface area contributed by atoms with Gasteiger partial charge in [0.2, 0.25) is 5.91 Å². The Morgan fingerprint density at radius 2 is 1.58 bits per heavy atom. The van der Waals surface area contributed by atoms with Crippen LogP contribution in [0.5, 0.6) is 0 Å². The maximum absolute atomic E-state index is 12.4. The van der Waals surface area contributed by atoms with Crippen LogP contribution in [0.25, 0.3) is 0 Å². The Morgan fingerprint density at radius 1 is 1.00 bits per heavy atom. The number of rotatable bonds is 3. The lowest BCUT2D eigenvalue weighted by atomic mass is 9.82. The van der Waals surface area contributed by atoms with Gasteiger partial charge < -0.3 is 11.1 Å². The lowest BCUT2D eigenvalue weighted by Crippen LogP contribution is -2.35. The molecule has 3 heteroatoms. The first-order valence-corrected chi connectivity index (χ1v) is 6.23. The molecule has 0 aliphatic carbocycles. The molecule has 0 fully saturated rings. The molecular weight excluding hydrogens is 236 g/mol. The first-order valence-electron chi connectivity index (χ1n) is 6.23. The zero-order valence-electron chi connectivity index (χ0n) is 11.2. The van der Waals surface area contributed by atoms with Crippen LogP contribution >= 0.6 is 0 Å². The van der Waals surface area contributed by atoms with Gasteiger partial charge in [-0.2, -0.15) is 0 Å². The molecule has 0 aliphatic rings. The van der Waals surface area contributed by atoms with Crippen molar-refractivity contribution >= 4 is 17.3 Å². The van der Waals surface area contributed by atoms with E-state index in [4.69, 9.17) is 5.73 Å². The molecule has 0 saturated heterocycles. The molecule has 0 radical (unpaired) electrons. The Kier molecular flexibility index (Phi) is 3.56. The fraction of sp³-hybridized carbons (Fsp3) is 0.188. The van der Waals surface area contributed by atoms with Crippen LogP contribution in [0, 0.1) is 0 Å². The number of benzene rings is 2. The Balaban J connectivity index is 2.25. The van der Waals surface area contributed by atoms with Crippen molar-refractivity contribution in [3.8, 4) is 0 Å². The van der Waals surface area contributed by atoms with Gasteiger partial charge in [-0.25, -0.2) is 0 Å². The summed E-state index contributed by atoms with van der Waals surface area (Å²) in [6.45, 7) is 3.74. The van der Waals surface area contributed by atoms with E-state index >= 15 is 0 Å². The summed E-state index contributed by atoms with van der Waals surface area (Å²) in [7, 11) is 0. The molecular formula is C16H18N2O. The van der Waals surface area contributed by atoms with E-state index in [2.05, 4.69) is 5.32 Å². The van der Waals surface area contributed by atoms with Gasteiger partial charge in [0.05, 0.1) is 5.41 Å². The summed E-state index contributed by atoms with van der Waals surface area (Å²) >= 11 is 0. The third-order valence-corrected chi connectivity index (χ3v) is 3.23. The summed E-state index contributed by atoms with van der Waals surface area (Å²) in [5.74, 6) is -0.0726. The molecule has 0 bridgehead atoms. The van der Waals surface area contributed by atoms with E-state index < -0.39 is 5.41 Å². The molecule has 3 N–H and O–H groups in total. The summed E-state index contributed by atoms with van der Waals surface area (Å²) in [4.78, 5) is 12.4. The number of carbonyl (C=O) groups is 1. The highest BCUT2D eigenvalue weighted by atomic mass is 16.2. The zero-order valence-corrected chi connectivity index (χ0v) is 11.2. The van der Waals surface area contributed by atoms with Gasteiger partial charge in [0.15, 0.2) is 0 Å². The molecule has 19 heavy (non-hydrogen) atoms. The van der Waals surface area contributed by atoms with Crippen LogP contribution in [0.3, 0.4) is 0 Å². The van der Waals surface area contributed by atoms with Crippen LogP contribution < -0.4 is 11.1 Å². The Morgan fingerprint density at radius 3 is 2.21 bits per heavy atom. The number of nitrogens with one attached hydrogen (secondary N) is 1. The fourth-order valence-corrected chi connectivity index (χ4v) is 2.00. The lowest BCUT2D eigenvalue weighted by molar-refractivity contribution is -0.120. The minimum Gasteiger partial charge on any atom is -0.398 e. The molecule has 2 rings (SSSR count). The van der Waals surface area contributed by atoms with Gasteiger partial charge in [-0.1, -0.05) is 36.4 Å². The molecule has 0 saturated carbocycles. The van der Waals surface area contributed by atoms with Gasteiger partial charge in [0, 0.05) is 11.4 Å². The Bertz CT molecular complexity index is 576. The smallest absolute Gasteiger partial charge is 0.234 e. The van der Waals surface area contributed by atoms with Gasteiger partial charge in [-0.15, -0.1) is 0 Å². The summed E-state index contributed by atoms with van der Waals surface area (Å²) in [5.41, 5.74) is 7.54. The van der Waals surface area contributed by atoms with Crippen LogP contribution in [0.15, 0.2) is 54.6 Å². The quantitative estimate of drug-likeness (QED) is 0.826. The molecule has 0 spiro atoms. The van der Waals surface area contributed by atoms with Gasteiger partial charge >= 0.3 is 0 Å². The minimum absolute atomic E-state index is 0.0726. The number of hydrogen-bond acceptors (Lipinski definition) is 2. The fourth-order valence-electron chi connectivity index (χ4n) is 2.00. The molecule has 0 atom stereocenters. The second-order valence-electron chi connectivity index (χ2n) is 5.03. The third-order valence-electron chi connectivity index (χ3n) is 3.23. The van der Waals surface area contributed by atoms with Crippen LogP contribution in [0.4, 0.5) is 11.4 Å². The van der Waals surface area contributed by atoms with Crippen LogP contribution in [0.1, 0.15) is 19.4 Å². The molecule has 2 aromatic carbocycles. The first-order chi connectivity index (χ1) is 9.01. The highest BCUT2D eigenvalue weighted by Gasteiger charge is 2.31. The van der Waals surface area contributed by atoms with Crippen molar-refractivity contribution < 1.29 is 4.79 Å². The molecule has 3 nitrogen and oxygen atoms in total. The summed E-state index contributed by atoms with van der Waals surface area (Å²) in [6.07, 6.45) is 0. The van der Waals surface area contributed by atoms with Crippen LogP contribution in [-0.4, -0.2) is 5.91 Å². The van der Waals surface area contributed by atoms with Crippen LogP contribution in [0.2, 0.25) is 0 Å². The number of amides is 1. The van der Waals surface area contributed by atoms with E-state index in [-0.39, 0.29) is 5.91 Å². The van der Waals surface area contributed by atoms with Crippen molar-refractivity contribution in [3.63, 3.8) is 0 Å². The molecule has 0 aliphatic heterocycles. The molecule has 2 aromatic rings. The summed E-state index contributed by atoms with van der Waals surface area (Å²) < 4.78 is 0. The molecule has 98 valence electrons. The van der Waals surface area contributed by atoms with Crippen molar-refractivity contribution in [3.05, 3.63) is 60.2 Å². The number of para-hydroxylation sites is 2. The third kappa shape index (κ3) is 2.76. The number of carbonyl (C=O) groups excluding carboxylic acids is 1. The van der Waals surface area contributed by atoms with Crippen molar-refractivity contribution in [2.24, 2.45) is 0 Å². The average Bonchev–Trinajstić information content (AvgIpc) is 2.40. The average molecular weight is 254 g/mol. The van der Waals surface area contributed by atoms with E-state index in [0.717, 1.165) is 11.3 Å². The molecule has 0 aromatic heterocycles. The van der Waals surface area contributed by atoms with Gasteiger partial charge in [0.25, 0.3) is 0 Å². The van der Waals surface area contributed by atoms with Crippen molar-refractivity contribution in [2.45, 2.75) is 19.3 Å². The van der Waals surface area contributed by atoms with Crippen LogP contribution in [-0.2, 0) is 10.2 Å². The first kappa shape index (κ1) is 13.1. The molecule has 0 heterocycles. The predicted molar refractivity (Wildman–Crippen MR) is 79.0 cm³/mol. The number of nitrogen functional groups attached to an aromatic ring is 1. The van der Waals surface area contributed by atoms with E-state index in [0.29, 0.717) is 5.69 Å². The topological polar surface area (TPSA) is 55.1 Å². The second-order valence-corrected chi connectivity index (χ2v) is 5.03. The highest BCUT2D eigenvalue weighted by molar-refractivity contribution is 5.99. The van der Waals surface area contributed by atoms with Crippen molar-refractivity contribution in [1.29, 1.82) is 0 Å². The van der Waals surface area contributed by atoms with E-state index in [1.165, 1.54) is 0 Å². The van der Waals surface area contributed by atoms with Gasteiger partial charge in [-0.05, 0) is 37.6 Å². The molecule has 0 unspecified atom stereocenters. The summed E-state index contributed by atoms with van der Waals surface area (Å²) in [5, 5.41) is 2.91. The lowest BCUT2D eigenvalue weighted by Gasteiger charge is -2.25. The number of anilines is 2. The Labute approximate surface area is 113 Å². The zero-order chi connectivity index (χ0) is 13.9. The number of hydrogen-bond donors (Lipinski definition) is 2. The second kappa shape index (κ2) is 5.14. The number of nitrogens with two attached hydrogens (primary N) is 1. The minimum atomic E-state index is -0.679. The van der Waals surface area contributed by atoms with Gasteiger partial charge in [-0.3, -0.25) is 4.79 Å². The maximum atomic E-state index is 12.4. The van der Waals surface area contributed by atoms with E-state index in [1.54, 1.807) is 0 Å². The normalized spacial score (nSPS) is 11.1. The Hall–Kier alpha value is -2.29. The van der Waals surface area contributed by atoms with Gasteiger partial charge in [0.1, 0.15) is 0 Å². The SMILES string of the molecule is CC(C)(C(=O)Nc1ccccc1)c1ccccc1N. The maximum Gasteiger partial charge on any atom is 0.234 e. The van der Waals surface area contributed by atoms with E-state index in [1.807, 2.05) is 68.4 Å². The summed E-state index contributed by atoms with van der Waals surface area (Å²) in [6, 6.07) is 16.9. The van der Waals surface area contributed by atoms with E-state index in [9.17, 15) is 4.79 Å². The monoisotopic (exact) mass is 254 g/mol. The largest absolute Gasteiger partial charge is 0.398 e.